The van der Waals surface area contributed by atoms with E-state index in [1.807, 2.05) is 13.0 Å². The predicted molar refractivity (Wildman–Crippen MR) is 66.3 cm³/mol. The fourth-order valence-electron chi connectivity index (χ4n) is 2.07. The van der Waals surface area contributed by atoms with Crippen LogP contribution in [0.1, 0.15) is 18.1 Å². The number of nitriles is 1. The van der Waals surface area contributed by atoms with Gasteiger partial charge in [-0.3, -0.25) is 0 Å². The maximum Gasteiger partial charge on any atom is 0.228 e. The number of nitrogens with zero attached hydrogens (tertiary/aromatic N) is 1. The predicted octanol–water partition coefficient (Wildman–Crippen LogP) is 3.29. The van der Waals surface area contributed by atoms with Crippen LogP contribution in [-0.2, 0) is 6.42 Å². The lowest BCUT2D eigenvalue weighted by Gasteiger charge is -2.12. The van der Waals surface area contributed by atoms with Gasteiger partial charge in [0, 0.05) is 5.39 Å². The molecule has 0 aliphatic heterocycles. The fraction of sp³-hybridized carbons (Fsp3) is 0.214. The second-order valence-electron chi connectivity index (χ2n) is 3.86. The molecule has 0 aliphatic carbocycles. The molecule has 0 amide bonds. The smallest absolute Gasteiger partial charge is 0.228 e. The van der Waals surface area contributed by atoms with Gasteiger partial charge in [-0.2, -0.15) is 5.26 Å². The molecule has 0 saturated heterocycles. The number of benzene rings is 2. The van der Waals surface area contributed by atoms with Gasteiger partial charge in [0.05, 0.1) is 5.56 Å². The number of ether oxygens (including phenoxy) is 1. The summed E-state index contributed by atoms with van der Waals surface area (Å²) in [5.41, 5.74) is 1.12. The van der Waals surface area contributed by atoms with Crippen molar-refractivity contribution in [2.45, 2.75) is 13.3 Å². The van der Waals surface area contributed by atoms with Crippen LogP contribution in [0.15, 0.2) is 24.3 Å². The average Bonchev–Trinajstić information content (AvgIpc) is 2.38. The zero-order valence-corrected chi connectivity index (χ0v) is 9.90. The molecular weight excluding hydrogens is 233 g/mol. The average molecular weight is 245 g/mol. The first-order valence-electron chi connectivity index (χ1n) is 5.58. The normalized spacial score (nSPS) is 10.3. The molecule has 0 fully saturated rings. The standard InChI is InChI=1S/C14H12FNO2/c1-2-9-5-12(17)6-10-3-4-11(7-16)14(13(9)10)18-8-15/h3-6,17H,2,8H2,1H3. The molecule has 0 spiro atoms. The summed E-state index contributed by atoms with van der Waals surface area (Å²) in [6.45, 7) is 0.935. The lowest BCUT2D eigenvalue weighted by atomic mass is 9.98. The Kier molecular flexibility index (Phi) is 3.33. The number of rotatable bonds is 3. The highest BCUT2D eigenvalue weighted by Crippen LogP contribution is 2.35. The first-order chi connectivity index (χ1) is 8.71. The van der Waals surface area contributed by atoms with Gasteiger partial charge in [-0.25, -0.2) is 4.39 Å². The van der Waals surface area contributed by atoms with Crippen molar-refractivity contribution in [2.24, 2.45) is 0 Å². The number of aromatic hydroxyl groups is 1. The SMILES string of the molecule is CCc1cc(O)cc2ccc(C#N)c(OCF)c12. The van der Waals surface area contributed by atoms with Crippen LogP contribution in [0.3, 0.4) is 0 Å². The van der Waals surface area contributed by atoms with Crippen molar-refractivity contribution in [3.05, 3.63) is 35.4 Å². The van der Waals surface area contributed by atoms with Crippen molar-refractivity contribution < 1.29 is 14.2 Å². The second-order valence-corrected chi connectivity index (χ2v) is 3.86. The van der Waals surface area contributed by atoms with Gasteiger partial charge in [-0.05, 0) is 35.6 Å². The number of phenolic OH excluding ortho intramolecular Hbond substituents is 1. The lowest BCUT2D eigenvalue weighted by molar-refractivity contribution is 0.193. The molecule has 2 rings (SSSR count). The third-order valence-electron chi connectivity index (χ3n) is 2.84. The molecule has 2 aromatic carbocycles. The zero-order chi connectivity index (χ0) is 13.1. The van der Waals surface area contributed by atoms with Gasteiger partial charge < -0.3 is 9.84 Å². The van der Waals surface area contributed by atoms with E-state index < -0.39 is 6.86 Å². The molecule has 1 N–H and O–H groups in total. The Hall–Kier alpha value is -2.28. The molecule has 0 aliphatic rings. The zero-order valence-electron chi connectivity index (χ0n) is 9.90. The summed E-state index contributed by atoms with van der Waals surface area (Å²) in [6, 6.07) is 8.44. The first kappa shape index (κ1) is 12.2. The summed E-state index contributed by atoms with van der Waals surface area (Å²) in [7, 11) is 0. The van der Waals surface area contributed by atoms with Crippen molar-refractivity contribution in [3.8, 4) is 17.6 Å². The van der Waals surface area contributed by atoms with Gasteiger partial charge >= 0.3 is 0 Å². The van der Waals surface area contributed by atoms with E-state index in [-0.39, 0.29) is 11.5 Å². The number of halogens is 1. The van der Waals surface area contributed by atoms with E-state index in [9.17, 15) is 9.50 Å². The van der Waals surface area contributed by atoms with Crippen molar-refractivity contribution in [1.82, 2.24) is 0 Å². The highest BCUT2D eigenvalue weighted by molar-refractivity contribution is 5.94. The molecule has 2 aromatic rings. The largest absolute Gasteiger partial charge is 0.508 e. The molecule has 3 nitrogen and oxygen atoms in total. The number of alkyl halides is 1. The van der Waals surface area contributed by atoms with Gasteiger partial charge in [0.15, 0.2) is 0 Å². The van der Waals surface area contributed by atoms with E-state index in [4.69, 9.17) is 10.00 Å². The van der Waals surface area contributed by atoms with Gasteiger partial charge in [-0.15, -0.1) is 0 Å². The molecule has 0 radical (unpaired) electrons. The summed E-state index contributed by atoms with van der Waals surface area (Å²) in [6.07, 6.45) is 0.655. The van der Waals surface area contributed by atoms with Crippen LogP contribution in [0.5, 0.6) is 11.5 Å². The molecule has 0 unspecified atom stereocenters. The quantitative estimate of drug-likeness (QED) is 0.902. The van der Waals surface area contributed by atoms with Crippen LogP contribution in [-0.4, -0.2) is 12.0 Å². The summed E-state index contributed by atoms with van der Waals surface area (Å²) in [5.74, 6) is 0.393. The van der Waals surface area contributed by atoms with Crippen molar-refractivity contribution in [2.75, 3.05) is 6.86 Å². The molecule has 0 aromatic heterocycles. The van der Waals surface area contributed by atoms with E-state index in [1.54, 1.807) is 24.3 Å². The summed E-state index contributed by atoms with van der Waals surface area (Å²) < 4.78 is 17.4. The Bertz CT molecular complexity index is 632. The Balaban J connectivity index is 2.86. The molecular formula is C14H12FNO2. The van der Waals surface area contributed by atoms with E-state index in [0.717, 1.165) is 10.9 Å². The van der Waals surface area contributed by atoms with Crippen LogP contribution in [0.25, 0.3) is 10.8 Å². The topological polar surface area (TPSA) is 53.2 Å². The third kappa shape index (κ3) is 1.95. The third-order valence-corrected chi connectivity index (χ3v) is 2.84. The minimum absolute atomic E-state index is 0.148. The van der Waals surface area contributed by atoms with E-state index in [2.05, 4.69) is 0 Å². The number of aryl methyl sites for hydroxylation is 1. The van der Waals surface area contributed by atoms with Gasteiger partial charge in [0.25, 0.3) is 0 Å². The Labute approximate surface area is 104 Å². The first-order valence-corrected chi connectivity index (χ1v) is 5.58. The monoisotopic (exact) mass is 245 g/mol. The summed E-state index contributed by atoms with van der Waals surface area (Å²) in [4.78, 5) is 0. The number of phenols is 1. The highest BCUT2D eigenvalue weighted by Gasteiger charge is 2.13. The minimum Gasteiger partial charge on any atom is -0.508 e. The molecule has 4 heteroatoms. The Morgan fingerprint density at radius 2 is 2.17 bits per heavy atom. The summed E-state index contributed by atoms with van der Waals surface area (Å²) in [5, 5.41) is 20.0. The lowest BCUT2D eigenvalue weighted by Crippen LogP contribution is -1.97. The molecule has 0 heterocycles. The van der Waals surface area contributed by atoms with Crippen molar-refractivity contribution in [3.63, 3.8) is 0 Å². The molecule has 18 heavy (non-hydrogen) atoms. The fourth-order valence-corrected chi connectivity index (χ4v) is 2.07. The second kappa shape index (κ2) is 4.92. The van der Waals surface area contributed by atoms with Gasteiger partial charge in [-0.1, -0.05) is 13.0 Å². The van der Waals surface area contributed by atoms with Gasteiger partial charge in [0.1, 0.15) is 17.6 Å². The summed E-state index contributed by atoms with van der Waals surface area (Å²) >= 11 is 0. The van der Waals surface area contributed by atoms with Crippen molar-refractivity contribution >= 4 is 10.8 Å². The Morgan fingerprint density at radius 1 is 1.39 bits per heavy atom. The highest BCUT2D eigenvalue weighted by atomic mass is 19.1. The molecule has 0 saturated carbocycles. The van der Waals surface area contributed by atoms with E-state index >= 15 is 0 Å². The maximum absolute atomic E-state index is 12.5. The number of hydrogen-bond acceptors (Lipinski definition) is 3. The number of hydrogen-bond donors (Lipinski definition) is 1. The van der Waals surface area contributed by atoms with E-state index in [1.165, 1.54) is 0 Å². The molecule has 92 valence electrons. The van der Waals surface area contributed by atoms with Gasteiger partial charge in [0.2, 0.25) is 6.86 Å². The maximum atomic E-state index is 12.5. The van der Waals surface area contributed by atoms with Crippen molar-refractivity contribution in [1.29, 1.82) is 5.26 Å². The van der Waals surface area contributed by atoms with E-state index in [0.29, 0.717) is 17.4 Å². The van der Waals surface area contributed by atoms with Crippen LogP contribution >= 0.6 is 0 Å². The van der Waals surface area contributed by atoms with Crippen LogP contribution in [0, 0.1) is 11.3 Å². The van der Waals surface area contributed by atoms with Crippen LogP contribution in [0.2, 0.25) is 0 Å². The van der Waals surface area contributed by atoms with Crippen LogP contribution < -0.4 is 4.74 Å². The molecule has 0 bridgehead atoms. The minimum atomic E-state index is -0.988. The van der Waals surface area contributed by atoms with Crippen LogP contribution in [0.4, 0.5) is 4.39 Å². The molecule has 0 atom stereocenters. The number of fused-ring (bicyclic) bond motifs is 1. The Morgan fingerprint density at radius 3 is 2.78 bits per heavy atom.